The van der Waals surface area contributed by atoms with Crippen LogP contribution in [0.2, 0.25) is 0 Å². The van der Waals surface area contributed by atoms with Gasteiger partial charge in [0.05, 0.1) is 11.0 Å². The van der Waals surface area contributed by atoms with E-state index in [1.807, 2.05) is 12.1 Å². The number of fused-ring (bicyclic) bond motifs is 3. The van der Waals surface area contributed by atoms with Crippen molar-refractivity contribution < 1.29 is 51.2 Å². The third kappa shape index (κ3) is 3.08. The normalized spacial score (nSPS) is 8.94. The molecule has 3 rings (SSSR count). The summed E-state index contributed by atoms with van der Waals surface area (Å²) in [6, 6.07) is 12.1. The van der Waals surface area contributed by atoms with Crippen LogP contribution in [0.5, 0.6) is 0 Å². The van der Waals surface area contributed by atoms with E-state index in [1.165, 1.54) is 0 Å². The summed E-state index contributed by atoms with van der Waals surface area (Å²) in [5.41, 5.74) is 1.95. The van der Waals surface area contributed by atoms with Crippen molar-refractivity contribution in [1.82, 2.24) is 9.97 Å². The van der Waals surface area contributed by atoms with Gasteiger partial charge in [-0.25, -0.2) is 0 Å². The molecule has 0 amide bonds. The van der Waals surface area contributed by atoms with E-state index in [0.717, 1.165) is 21.8 Å². The van der Waals surface area contributed by atoms with E-state index < -0.39 is 0 Å². The molecule has 0 atom stereocenters. The molecule has 0 saturated carbocycles. The molecule has 0 N–H and O–H groups in total. The fourth-order valence-electron chi connectivity index (χ4n) is 1.68. The number of nitrogens with zero attached hydrogens (tertiary/aromatic N) is 2. The quantitative estimate of drug-likeness (QED) is 0.461. The molecule has 2 aromatic heterocycles. The Balaban J connectivity index is 0.000000853. The van der Waals surface area contributed by atoms with Crippen molar-refractivity contribution in [3.05, 3.63) is 48.8 Å². The maximum Gasteiger partial charge on any atom is 2.00 e. The number of pyridine rings is 2. The molecule has 0 aliphatic rings. The molecule has 0 aliphatic heterocycles. The minimum absolute atomic E-state index is 0. The van der Waals surface area contributed by atoms with Crippen LogP contribution in [0, 0.1) is 0 Å². The minimum Gasteiger partial charge on any atom is -0.254 e. The summed E-state index contributed by atoms with van der Waals surface area (Å²) in [6.45, 7) is 0. The Kier molecular flexibility index (Phi) is 6.96. The summed E-state index contributed by atoms with van der Waals surface area (Å²) in [5.74, 6) is 0. The van der Waals surface area contributed by atoms with Gasteiger partial charge in [-0.1, -0.05) is 24.3 Å². The second kappa shape index (κ2) is 7.13. The zero-order chi connectivity index (χ0) is 9.38. The van der Waals surface area contributed by atoms with Gasteiger partial charge in [0.1, 0.15) is 0 Å². The molecular weight excluding hydrogens is 340 g/mol. The van der Waals surface area contributed by atoms with Crippen molar-refractivity contribution in [3.8, 4) is 0 Å². The zero-order valence-electron chi connectivity index (χ0n) is 8.57. The van der Waals surface area contributed by atoms with E-state index >= 15 is 0 Å². The summed E-state index contributed by atoms with van der Waals surface area (Å²) in [7, 11) is 0. The van der Waals surface area contributed by atoms with E-state index in [2.05, 4.69) is 34.2 Å². The molecule has 0 saturated heterocycles. The third-order valence-corrected chi connectivity index (χ3v) is 2.34. The van der Waals surface area contributed by atoms with Gasteiger partial charge in [-0.05, 0) is 12.1 Å². The van der Waals surface area contributed by atoms with Crippen molar-refractivity contribution >= 4 is 21.8 Å². The predicted molar refractivity (Wildman–Crippen MR) is 57.0 cm³/mol. The molecule has 3 aromatic rings. The van der Waals surface area contributed by atoms with E-state index in [-0.39, 0.29) is 51.2 Å². The van der Waals surface area contributed by atoms with Crippen molar-refractivity contribution in [2.75, 3.05) is 0 Å². The summed E-state index contributed by atoms with van der Waals surface area (Å²) in [5, 5.41) is 2.28. The fourth-order valence-corrected chi connectivity index (χ4v) is 1.68. The number of aromatic nitrogens is 2. The standard InChI is InChI=1S/C12H8N2.3Fe/c1-3-9-5-6-10-4-2-8-14-12(10)11(9)13-7-1;;;/h1-8H;;;/q;3*+2. The first-order chi connectivity index (χ1) is 6.95. The van der Waals surface area contributed by atoms with Gasteiger partial charge in [0.2, 0.25) is 0 Å². The Labute approximate surface area is 131 Å². The molecule has 17 heavy (non-hydrogen) atoms. The first-order valence-electron chi connectivity index (χ1n) is 4.53. The van der Waals surface area contributed by atoms with Gasteiger partial charge in [0.25, 0.3) is 0 Å². The molecule has 0 unspecified atom stereocenters. The topological polar surface area (TPSA) is 25.8 Å². The van der Waals surface area contributed by atoms with Gasteiger partial charge in [-0.15, -0.1) is 0 Å². The van der Waals surface area contributed by atoms with Gasteiger partial charge < -0.3 is 0 Å². The van der Waals surface area contributed by atoms with Crippen LogP contribution in [0.25, 0.3) is 21.8 Å². The molecule has 0 spiro atoms. The van der Waals surface area contributed by atoms with Crippen LogP contribution in [0.3, 0.4) is 0 Å². The second-order valence-corrected chi connectivity index (χ2v) is 3.22. The van der Waals surface area contributed by atoms with Gasteiger partial charge in [-0.3, -0.25) is 9.97 Å². The number of hydrogen-bond donors (Lipinski definition) is 0. The Morgan fingerprint density at radius 1 is 0.588 bits per heavy atom. The van der Waals surface area contributed by atoms with E-state index in [4.69, 9.17) is 0 Å². The van der Waals surface area contributed by atoms with Gasteiger partial charge in [0, 0.05) is 23.2 Å². The molecule has 0 bridgehead atoms. The Hall–Kier alpha value is -0.402. The van der Waals surface area contributed by atoms with Crippen molar-refractivity contribution in [3.63, 3.8) is 0 Å². The molecule has 0 aliphatic carbocycles. The largest absolute Gasteiger partial charge is 2.00 e. The molecular formula is C12H8Fe3N2+6. The van der Waals surface area contributed by atoms with Crippen molar-refractivity contribution in [1.29, 1.82) is 0 Å². The second-order valence-electron chi connectivity index (χ2n) is 3.22. The molecule has 5 heteroatoms. The third-order valence-electron chi connectivity index (χ3n) is 2.34. The van der Waals surface area contributed by atoms with E-state index in [1.54, 1.807) is 12.4 Å². The fraction of sp³-hybridized carbons (Fsp3) is 0. The molecule has 2 nitrogen and oxygen atoms in total. The molecule has 0 radical (unpaired) electrons. The van der Waals surface area contributed by atoms with Gasteiger partial charge in [-0.2, -0.15) is 0 Å². The summed E-state index contributed by atoms with van der Waals surface area (Å²) >= 11 is 0. The van der Waals surface area contributed by atoms with E-state index in [9.17, 15) is 0 Å². The van der Waals surface area contributed by atoms with Crippen LogP contribution in [-0.4, -0.2) is 9.97 Å². The molecule has 1 aromatic carbocycles. The van der Waals surface area contributed by atoms with Crippen LogP contribution >= 0.6 is 0 Å². The maximum atomic E-state index is 4.35. The predicted octanol–water partition coefficient (Wildman–Crippen LogP) is 2.78. The minimum atomic E-state index is 0. The average Bonchev–Trinajstić information content (AvgIpc) is 2.29. The Morgan fingerprint density at radius 2 is 1.00 bits per heavy atom. The van der Waals surface area contributed by atoms with Gasteiger partial charge in [0.15, 0.2) is 0 Å². The average molecular weight is 348 g/mol. The monoisotopic (exact) mass is 348 g/mol. The van der Waals surface area contributed by atoms with Crippen molar-refractivity contribution in [2.24, 2.45) is 0 Å². The maximum absolute atomic E-state index is 4.35. The van der Waals surface area contributed by atoms with Crippen LogP contribution in [-0.2, 0) is 51.2 Å². The summed E-state index contributed by atoms with van der Waals surface area (Å²) < 4.78 is 0. The summed E-state index contributed by atoms with van der Waals surface area (Å²) in [6.07, 6.45) is 3.60. The van der Waals surface area contributed by atoms with Gasteiger partial charge >= 0.3 is 51.2 Å². The first-order valence-corrected chi connectivity index (χ1v) is 4.53. The van der Waals surface area contributed by atoms with E-state index in [0.29, 0.717) is 0 Å². The smallest absolute Gasteiger partial charge is 0.254 e. The van der Waals surface area contributed by atoms with Crippen LogP contribution in [0.15, 0.2) is 48.8 Å². The molecule has 84 valence electrons. The molecule has 0 fully saturated rings. The summed E-state index contributed by atoms with van der Waals surface area (Å²) in [4.78, 5) is 8.69. The molecule has 2 heterocycles. The van der Waals surface area contributed by atoms with Crippen LogP contribution in [0.4, 0.5) is 0 Å². The first kappa shape index (κ1) is 16.6. The van der Waals surface area contributed by atoms with Crippen molar-refractivity contribution in [2.45, 2.75) is 0 Å². The van der Waals surface area contributed by atoms with Crippen LogP contribution in [0.1, 0.15) is 0 Å². The van der Waals surface area contributed by atoms with Crippen LogP contribution < -0.4 is 0 Å². The number of benzene rings is 1. The Bertz CT molecular complexity index is 559. The SMILES string of the molecule is [Fe+2].[Fe+2].[Fe+2].c1cnc2c(c1)ccc1cccnc12. The zero-order valence-corrected chi connectivity index (χ0v) is 11.9. The number of hydrogen-bond acceptors (Lipinski definition) is 2. The number of rotatable bonds is 0. The Morgan fingerprint density at radius 3 is 1.41 bits per heavy atom.